The molecule has 0 bridgehead atoms. The molecule has 0 amide bonds. The van der Waals surface area contributed by atoms with Crippen LogP contribution in [0, 0.1) is 5.82 Å². The molecule has 70 valence electrons. The number of hydrogen-bond donors (Lipinski definition) is 2. The van der Waals surface area contributed by atoms with Gasteiger partial charge in [-0.15, -0.1) is 0 Å². The van der Waals surface area contributed by atoms with Crippen molar-refractivity contribution in [1.82, 2.24) is 0 Å². The van der Waals surface area contributed by atoms with Crippen LogP contribution in [0.15, 0.2) is 17.1 Å². The molecule has 0 aliphatic rings. The summed E-state index contributed by atoms with van der Waals surface area (Å²) in [5.41, 5.74) is 10.1. The third kappa shape index (κ3) is 2.23. The quantitative estimate of drug-likeness (QED) is 0.433. The van der Waals surface area contributed by atoms with Gasteiger partial charge in [-0.1, -0.05) is 23.2 Å². The Morgan fingerprint density at radius 1 is 1.31 bits per heavy atom. The minimum Gasteiger partial charge on any atom is -0.370 e. The summed E-state index contributed by atoms with van der Waals surface area (Å²) in [7, 11) is 0. The zero-order valence-electron chi connectivity index (χ0n) is 6.39. The Bertz CT molecular complexity index is 361. The first-order valence-electron chi connectivity index (χ1n) is 3.25. The summed E-state index contributed by atoms with van der Waals surface area (Å²) < 4.78 is 13.2. The Hall–Kier alpha value is -1.000. The number of hydrogen-bond acceptors (Lipinski definition) is 1. The minimum atomic E-state index is -0.734. The summed E-state index contributed by atoms with van der Waals surface area (Å²) >= 11 is 11.0. The second-order valence-corrected chi connectivity index (χ2v) is 3.02. The molecule has 1 aromatic rings. The van der Waals surface area contributed by atoms with E-state index < -0.39 is 5.82 Å². The summed E-state index contributed by atoms with van der Waals surface area (Å²) in [5, 5.41) is -0.0714. The number of aliphatic imine (C=N–C) groups is 1. The Balaban J connectivity index is 3.26. The van der Waals surface area contributed by atoms with E-state index in [1.165, 1.54) is 12.1 Å². The molecule has 0 saturated heterocycles. The maximum absolute atomic E-state index is 13.2. The Kier molecular flexibility index (Phi) is 2.95. The second-order valence-electron chi connectivity index (χ2n) is 2.23. The summed E-state index contributed by atoms with van der Waals surface area (Å²) in [6.45, 7) is 0. The molecule has 1 rings (SSSR count). The zero-order chi connectivity index (χ0) is 10.0. The second kappa shape index (κ2) is 3.81. The third-order valence-electron chi connectivity index (χ3n) is 1.26. The lowest BCUT2D eigenvalue weighted by molar-refractivity contribution is 0.630. The highest BCUT2D eigenvalue weighted by molar-refractivity contribution is 6.42. The monoisotopic (exact) mass is 221 g/mol. The molecular formula is C7H6Cl2FN3. The SMILES string of the molecule is NC(N)=Nc1ccc(Cl)c(Cl)c1F. The van der Waals surface area contributed by atoms with Crippen molar-refractivity contribution < 1.29 is 4.39 Å². The van der Waals surface area contributed by atoms with Crippen molar-refractivity contribution in [3.05, 3.63) is 28.0 Å². The van der Waals surface area contributed by atoms with Crippen molar-refractivity contribution in [1.29, 1.82) is 0 Å². The molecule has 0 radical (unpaired) electrons. The molecule has 0 atom stereocenters. The first-order chi connectivity index (χ1) is 6.02. The number of halogens is 3. The van der Waals surface area contributed by atoms with Crippen LogP contribution in [0.5, 0.6) is 0 Å². The molecule has 0 spiro atoms. The van der Waals surface area contributed by atoms with Crippen molar-refractivity contribution in [3.63, 3.8) is 0 Å². The highest BCUT2D eigenvalue weighted by atomic mass is 35.5. The van der Waals surface area contributed by atoms with Gasteiger partial charge < -0.3 is 11.5 Å². The Morgan fingerprint density at radius 3 is 2.46 bits per heavy atom. The van der Waals surface area contributed by atoms with E-state index in [9.17, 15) is 4.39 Å². The lowest BCUT2D eigenvalue weighted by Crippen LogP contribution is -2.22. The van der Waals surface area contributed by atoms with Crippen LogP contribution in [0.1, 0.15) is 0 Å². The van der Waals surface area contributed by atoms with Crippen molar-refractivity contribution in [2.24, 2.45) is 16.5 Å². The van der Waals surface area contributed by atoms with Crippen molar-refractivity contribution in [2.75, 3.05) is 0 Å². The van der Waals surface area contributed by atoms with Gasteiger partial charge in [0.25, 0.3) is 0 Å². The standard InChI is InChI=1S/C7H6Cl2FN3/c8-3-1-2-4(13-7(11)12)6(10)5(3)9/h1-2H,(H4,11,12,13). The summed E-state index contributed by atoms with van der Waals surface area (Å²) in [5.74, 6) is -0.972. The predicted molar refractivity (Wildman–Crippen MR) is 51.9 cm³/mol. The fourth-order valence-corrected chi connectivity index (χ4v) is 1.05. The van der Waals surface area contributed by atoms with E-state index in [1.54, 1.807) is 0 Å². The first-order valence-corrected chi connectivity index (χ1v) is 4.01. The number of nitrogens with two attached hydrogens (primary N) is 2. The van der Waals surface area contributed by atoms with Gasteiger partial charge in [-0.3, -0.25) is 0 Å². The fourth-order valence-electron chi connectivity index (χ4n) is 0.741. The molecule has 4 N–H and O–H groups in total. The average Bonchev–Trinajstić information content (AvgIpc) is 2.06. The van der Waals surface area contributed by atoms with E-state index in [4.69, 9.17) is 34.7 Å². The zero-order valence-corrected chi connectivity index (χ0v) is 7.90. The molecule has 0 aromatic heterocycles. The van der Waals surface area contributed by atoms with Crippen molar-refractivity contribution >= 4 is 34.8 Å². The fraction of sp³-hybridized carbons (Fsp3) is 0. The summed E-state index contributed by atoms with van der Waals surface area (Å²) in [6.07, 6.45) is 0. The van der Waals surface area contributed by atoms with Crippen LogP contribution in [0.2, 0.25) is 10.0 Å². The van der Waals surface area contributed by atoms with Gasteiger partial charge in [-0.05, 0) is 12.1 Å². The number of benzene rings is 1. The van der Waals surface area contributed by atoms with Crippen LogP contribution in [0.3, 0.4) is 0 Å². The lowest BCUT2D eigenvalue weighted by atomic mass is 10.3. The Labute approximate surface area is 84.1 Å². The van der Waals surface area contributed by atoms with Gasteiger partial charge in [0.2, 0.25) is 0 Å². The van der Waals surface area contributed by atoms with E-state index in [1.807, 2.05) is 0 Å². The van der Waals surface area contributed by atoms with E-state index in [0.717, 1.165) is 0 Å². The van der Waals surface area contributed by atoms with Crippen molar-refractivity contribution in [2.45, 2.75) is 0 Å². The van der Waals surface area contributed by atoms with E-state index in [2.05, 4.69) is 4.99 Å². The topological polar surface area (TPSA) is 64.4 Å². The number of rotatable bonds is 1. The van der Waals surface area contributed by atoms with Gasteiger partial charge >= 0.3 is 0 Å². The van der Waals surface area contributed by atoms with E-state index >= 15 is 0 Å². The minimum absolute atomic E-state index is 0.0330. The van der Waals surface area contributed by atoms with Crippen LogP contribution < -0.4 is 11.5 Å². The highest BCUT2D eigenvalue weighted by Crippen LogP contribution is 2.31. The van der Waals surface area contributed by atoms with Gasteiger partial charge in [0.1, 0.15) is 5.69 Å². The Morgan fingerprint density at radius 2 is 1.92 bits per heavy atom. The van der Waals surface area contributed by atoms with Crippen LogP contribution in [-0.2, 0) is 0 Å². The third-order valence-corrected chi connectivity index (χ3v) is 2.05. The number of guanidine groups is 1. The molecule has 0 aliphatic heterocycles. The molecule has 0 saturated carbocycles. The predicted octanol–water partition coefficient (Wildman–Crippen LogP) is 2.04. The van der Waals surface area contributed by atoms with Crippen LogP contribution in [0.4, 0.5) is 10.1 Å². The van der Waals surface area contributed by atoms with E-state index in [-0.39, 0.29) is 21.7 Å². The lowest BCUT2D eigenvalue weighted by Gasteiger charge is -2.00. The number of nitrogens with zero attached hydrogens (tertiary/aromatic N) is 1. The van der Waals surface area contributed by atoms with Gasteiger partial charge in [0, 0.05) is 0 Å². The molecule has 0 unspecified atom stereocenters. The maximum atomic E-state index is 13.2. The summed E-state index contributed by atoms with van der Waals surface area (Å²) in [6, 6.07) is 2.75. The van der Waals surface area contributed by atoms with Gasteiger partial charge in [0.05, 0.1) is 10.0 Å². The molecule has 1 aromatic carbocycles. The largest absolute Gasteiger partial charge is 0.370 e. The molecule has 6 heteroatoms. The van der Waals surface area contributed by atoms with Gasteiger partial charge in [-0.25, -0.2) is 9.38 Å². The van der Waals surface area contributed by atoms with Crippen molar-refractivity contribution in [3.8, 4) is 0 Å². The van der Waals surface area contributed by atoms with Crippen LogP contribution in [0.25, 0.3) is 0 Å². The molecule has 3 nitrogen and oxygen atoms in total. The molecule has 0 heterocycles. The molecular weight excluding hydrogens is 216 g/mol. The average molecular weight is 222 g/mol. The van der Waals surface area contributed by atoms with Gasteiger partial charge in [-0.2, -0.15) is 0 Å². The highest BCUT2D eigenvalue weighted by Gasteiger charge is 2.09. The smallest absolute Gasteiger partial charge is 0.191 e. The van der Waals surface area contributed by atoms with Crippen LogP contribution in [-0.4, -0.2) is 5.96 Å². The molecule has 13 heavy (non-hydrogen) atoms. The summed E-state index contributed by atoms with van der Waals surface area (Å²) in [4.78, 5) is 3.52. The van der Waals surface area contributed by atoms with E-state index in [0.29, 0.717) is 0 Å². The first kappa shape index (κ1) is 10.1. The van der Waals surface area contributed by atoms with Crippen LogP contribution >= 0.6 is 23.2 Å². The maximum Gasteiger partial charge on any atom is 0.191 e. The van der Waals surface area contributed by atoms with Gasteiger partial charge in [0.15, 0.2) is 11.8 Å². The molecule has 0 fully saturated rings. The normalized spacial score (nSPS) is 9.77. The molecule has 0 aliphatic carbocycles.